The molecule has 0 aliphatic carbocycles. The van der Waals surface area contributed by atoms with Gasteiger partial charge in [0.1, 0.15) is 11.8 Å². The van der Waals surface area contributed by atoms with Crippen LogP contribution in [0.15, 0.2) is 41.3 Å². The number of amides is 1. The smallest absolute Gasteiger partial charge is 0.258 e. The third-order valence-electron chi connectivity index (χ3n) is 4.05. The van der Waals surface area contributed by atoms with Crippen LogP contribution in [0, 0.1) is 11.3 Å². The first kappa shape index (κ1) is 17.0. The molecule has 1 aromatic heterocycles. The predicted molar refractivity (Wildman–Crippen MR) is 100.0 cm³/mol. The molecule has 0 saturated heterocycles. The number of carbonyl (C=O) groups excluding carboxylic acids is 1. The maximum Gasteiger partial charge on any atom is 0.258 e. The number of rotatable bonds is 3. The van der Waals surface area contributed by atoms with Gasteiger partial charge in [0.25, 0.3) is 5.56 Å². The molecule has 130 valence electrons. The number of H-pyrrole nitrogens is 1. The number of nitrogens with one attached hydrogen (secondary N) is 2. The molecule has 1 heterocycles. The van der Waals surface area contributed by atoms with E-state index in [1.807, 2.05) is 0 Å². The zero-order valence-corrected chi connectivity index (χ0v) is 14.2. The lowest BCUT2D eigenvalue weighted by atomic mass is 9.94. The highest BCUT2D eigenvalue weighted by Gasteiger charge is 2.17. The monoisotopic (exact) mass is 348 g/mol. The van der Waals surface area contributed by atoms with E-state index in [-0.39, 0.29) is 22.5 Å². The molecule has 0 bridgehead atoms. The van der Waals surface area contributed by atoms with Crippen molar-refractivity contribution in [3.05, 3.63) is 52.4 Å². The number of anilines is 2. The van der Waals surface area contributed by atoms with Gasteiger partial charge in [-0.3, -0.25) is 9.59 Å². The van der Waals surface area contributed by atoms with Gasteiger partial charge in [0.15, 0.2) is 0 Å². The van der Waals surface area contributed by atoms with Crippen LogP contribution in [0.2, 0.25) is 0 Å². The van der Waals surface area contributed by atoms with Crippen molar-refractivity contribution in [3.63, 3.8) is 0 Å². The predicted octanol–water partition coefficient (Wildman–Crippen LogP) is 2.62. The number of pyridine rings is 1. The van der Waals surface area contributed by atoms with Crippen LogP contribution in [-0.2, 0) is 4.79 Å². The first-order valence-corrected chi connectivity index (χ1v) is 7.76. The summed E-state index contributed by atoms with van der Waals surface area (Å²) in [5, 5.41) is 12.9. The van der Waals surface area contributed by atoms with Crippen LogP contribution in [0.1, 0.15) is 12.5 Å². The molecule has 0 radical (unpaired) electrons. The minimum atomic E-state index is -0.426. The topological polar surface area (TPSA) is 121 Å². The number of benzene rings is 2. The van der Waals surface area contributed by atoms with Crippen LogP contribution in [0.3, 0.4) is 0 Å². The van der Waals surface area contributed by atoms with Crippen molar-refractivity contribution >= 4 is 28.1 Å². The molecule has 0 fully saturated rings. The number of nitrogens with two attached hydrogens (primary N) is 1. The van der Waals surface area contributed by atoms with Gasteiger partial charge in [0.2, 0.25) is 5.91 Å². The number of fused-ring (bicyclic) bond motifs is 1. The second-order valence-corrected chi connectivity index (χ2v) is 5.69. The highest BCUT2D eigenvalue weighted by atomic mass is 16.5. The average Bonchev–Trinajstić information content (AvgIpc) is 2.63. The number of carbonyl (C=O) groups is 1. The summed E-state index contributed by atoms with van der Waals surface area (Å²) < 4.78 is 5.15. The lowest BCUT2D eigenvalue weighted by Gasteiger charge is -2.13. The van der Waals surface area contributed by atoms with E-state index >= 15 is 0 Å². The number of hydrogen-bond acceptors (Lipinski definition) is 5. The Hall–Kier alpha value is -3.79. The van der Waals surface area contributed by atoms with E-state index in [9.17, 15) is 14.9 Å². The molecule has 7 nitrogen and oxygen atoms in total. The van der Waals surface area contributed by atoms with Crippen molar-refractivity contribution in [3.8, 4) is 22.9 Å². The number of nitrogen functional groups attached to an aromatic ring is 1. The summed E-state index contributed by atoms with van der Waals surface area (Å²) in [6.45, 7) is 1.37. The number of aromatic amines is 1. The fourth-order valence-electron chi connectivity index (χ4n) is 2.86. The third-order valence-corrected chi connectivity index (χ3v) is 4.05. The Morgan fingerprint density at radius 3 is 2.58 bits per heavy atom. The summed E-state index contributed by atoms with van der Waals surface area (Å²) >= 11 is 0. The van der Waals surface area contributed by atoms with E-state index in [0.29, 0.717) is 22.4 Å². The number of nitriles is 1. The van der Waals surface area contributed by atoms with Crippen LogP contribution in [0.25, 0.3) is 21.9 Å². The summed E-state index contributed by atoms with van der Waals surface area (Å²) in [4.78, 5) is 26.3. The molecule has 0 atom stereocenters. The van der Waals surface area contributed by atoms with E-state index in [0.717, 1.165) is 5.56 Å². The lowest BCUT2D eigenvalue weighted by molar-refractivity contribution is -0.114. The molecule has 0 aliphatic rings. The molecule has 0 aliphatic heterocycles. The van der Waals surface area contributed by atoms with Crippen LogP contribution in [0.5, 0.6) is 5.75 Å². The largest absolute Gasteiger partial charge is 0.497 e. The van der Waals surface area contributed by atoms with Crippen molar-refractivity contribution in [1.82, 2.24) is 4.98 Å². The van der Waals surface area contributed by atoms with Gasteiger partial charge < -0.3 is 20.8 Å². The molecule has 0 unspecified atom stereocenters. The average molecular weight is 348 g/mol. The van der Waals surface area contributed by atoms with Gasteiger partial charge in [-0.05, 0) is 23.8 Å². The molecular weight excluding hydrogens is 332 g/mol. The standard InChI is InChI=1S/C19H16N4O3/c1-10(24)23-16-9-22-19(25)17-14(16)7-13(15(8-20)18(17)21)11-3-5-12(26-2)6-4-11/h3-7,9H,21H2,1-2H3,(H,22,25)(H,23,24). The van der Waals surface area contributed by atoms with Crippen LogP contribution in [-0.4, -0.2) is 18.0 Å². The van der Waals surface area contributed by atoms with Gasteiger partial charge in [-0.2, -0.15) is 5.26 Å². The molecule has 0 saturated carbocycles. The van der Waals surface area contributed by atoms with Crippen LogP contribution in [0.4, 0.5) is 11.4 Å². The summed E-state index contributed by atoms with van der Waals surface area (Å²) in [5.41, 5.74) is 7.72. The number of nitrogens with zero attached hydrogens (tertiary/aromatic N) is 1. The van der Waals surface area contributed by atoms with E-state index in [1.54, 1.807) is 37.4 Å². The molecule has 1 amide bonds. The number of aromatic nitrogens is 1. The van der Waals surface area contributed by atoms with Crippen molar-refractivity contribution in [2.24, 2.45) is 0 Å². The molecule has 0 spiro atoms. The molecular formula is C19H16N4O3. The van der Waals surface area contributed by atoms with E-state index < -0.39 is 5.56 Å². The van der Waals surface area contributed by atoms with E-state index in [1.165, 1.54) is 13.1 Å². The Kier molecular flexibility index (Phi) is 4.33. The number of ether oxygens (including phenoxy) is 1. The quantitative estimate of drug-likeness (QED) is 0.628. The van der Waals surface area contributed by atoms with Gasteiger partial charge >= 0.3 is 0 Å². The molecule has 3 aromatic rings. The van der Waals surface area contributed by atoms with Crippen molar-refractivity contribution in [1.29, 1.82) is 5.26 Å². The van der Waals surface area contributed by atoms with Gasteiger partial charge in [0.05, 0.1) is 29.4 Å². The van der Waals surface area contributed by atoms with E-state index in [2.05, 4.69) is 16.4 Å². The fourth-order valence-corrected chi connectivity index (χ4v) is 2.86. The van der Waals surface area contributed by atoms with E-state index in [4.69, 9.17) is 10.5 Å². The van der Waals surface area contributed by atoms with Crippen molar-refractivity contribution < 1.29 is 9.53 Å². The Morgan fingerprint density at radius 1 is 1.31 bits per heavy atom. The number of methoxy groups -OCH3 is 1. The first-order chi connectivity index (χ1) is 12.5. The SMILES string of the molecule is COc1ccc(-c2cc3c(NC(C)=O)c[nH]c(=O)c3c(N)c2C#N)cc1. The summed E-state index contributed by atoms with van der Waals surface area (Å²) in [6.07, 6.45) is 1.41. The summed E-state index contributed by atoms with van der Waals surface area (Å²) in [6, 6.07) is 10.9. The molecule has 2 aromatic carbocycles. The second-order valence-electron chi connectivity index (χ2n) is 5.69. The number of hydrogen-bond donors (Lipinski definition) is 3. The summed E-state index contributed by atoms with van der Waals surface area (Å²) in [7, 11) is 1.57. The highest BCUT2D eigenvalue weighted by Crippen LogP contribution is 2.35. The molecule has 3 rings (SSSR count). The third kappa shape index (κ3) is 2.84. The zero-order valence-electron chi connectivity index (χ0n) is 14.2. The Balaban J connectivity index is 2.37. The van der Waals surface area contributed by atoms with Crippen molar-refractivity contribution in [2.45, 2.75) is 6.92 Å². The maximum absolute atomic E-state index is 12.3. The first-order valence-electron chi connectivity index (χ1n) is 7.76. The van der Waals surface area contributed by atoms with Gasteiger partial charge in [0, 0.05) is 24.1 Å². The minimum Gasteiger partial charge on any atom is -0.497 e. The normalized spacial score (nSPS) is 10.3. The van der Waals surface area contributed by atoms with Crippen LogP contribution < -0.4 is 21.3 Å². The molecule has 7 heteroatoms. The van der Waals surface area contributed by atoms with Gasteiger partial charge in [-0.25, -0.2) is 0 Å². The second kappa shape index (κ2) is 6.61. The highest BCUT2D eigenvalue weighted by molar-refractivity contribution is 6.08. The lowest BCUT2D eigenvalue weighted by Crippen LogP contribution is -2.14. The Labute approximate surface area is 149 Å². The van der Waals surface area contributed by atoms with Gasteiger partial charge in [-0.1, -0.05) is 12.1 Å². The minimum absolute atomic E-state index is 0.0734. The summed E-state index contributed by atoms with van der Waals surface area (Å²) in [5.74, 6) is 0.392. The maximum atomic E-state index is 12.3. The van der Waals surface area contributed by atoms with Crippen LogP contribution >= 0.6 is 0 Å². The molecule has 4 N–H and O–H groups in total. The Morgan fingerprint density at radius 2 is 2.00 bits per heavy atom. The fraction of sp³-hybridized carbons (Fsp3) is 0.105. The van der Waals surface area contributed by atoms with Crippen molar-refractivity contribution in [2.75, 3.05) is 18.2 Å². The molecule has 26 heavy (non-hydrogen) atoms. The Bertz CT molecular complexity index is 1110. The zero-order chi connectivity index (χ0) is 18.8. The van der Waals surface area contributed by atoms with Gasteiger partial charge in [-0.15, -0.1) is 0 Å².